The Morgan fingerprint density at radius 3 is 2.35 bits per heavy atom. The van der Waals surface area contributed by atoms with Crippen molar-refractivity contribution in [2.24, 2.45) is 0 Å². The van der Waals surface area contributed by atoms with Crippen molar-refractivity contribution < 1.29 is 17.2 Å². The summed E-state index contributed by atoms with van der Waals surface area (Å²) in [4.78, 5) is -0.556. The van der Waals surface area contributed by atoms with Gasteiger partial charge in [0.2, 0.25) is 0 Å². The second kappa shape index (κ2) is 5.09. The zero-order valence-corrected chi connectivity index (χ0v) is 11.3. The van der Waals surface area contributed by atoms with E-state index in [0.717, 1.165) is 18.2 Å². The molecule has 3 N–H and O–H groups in total. The molecule has 0 unspecified atom stereocenters. The van der Waals surface area contributed by atoms with Crippen LogP contribution >= 0.6 is 0 Å². The lowest BCUT2D eigenvalue weighted by Gasteiger charge is -2.10. The molecule has 0 saturated heterocycles. The van der Waals surface area contributed by atoms with E-state index in [-0.39, 0.29) is 16.9 Å². The lowest BCUT2D eigenvalue weighted by Crippen LogP contribution is -2.15. The third kappa shape index (κ3) is 2.88. The minimum absolute atomic E-state index is 0.127. The van der Waals surface area contributed by atoms with Crippen LogP contribution in [-0.2, 0) is 10.0 Å². The monoisotopic (exact) mass is 298 g/mol. The molecule has 0 bridgehead atoms. The molecule has 2 aromatic carbocycles. The average molecular weight is 298 g/mol. The van der Waals surface area contributed by atoms with E-state index in [1.807, 2.05) is 0 Å². The number of rotatable bonds is 3. The van der Waals surface area contributed by atoms with Crippen LogP contribution in [0.25, 0.3) is 0 Å². The van der Waals surface area contributed by atoms with Crippen LogP contribution in [0.15, 0.2) is 41.3 Å². The summed E-state index contributed by atoms with van der Waals surface area (Å²) in [6.45, 7) is 1.49. The van der Waals surface area contributed by atoms with Crippen LogP contribution in [-0.4, -0.2) is 8.42 Å². The fourth-order valence-corrected chi connectivity index (χ4v) is 2.81. The van der Waals surface area contributed by atoms with E-state index in [1.165, 1.54) is 25.1 Å². The van der Waals surface area contributed by atoms with Gasteiger partial charge in [-0.1, -0.05) is 0 Å². The molecule has 2 rings (SSSR count). The molecule has 0 aromatic heterocycles. The first-order valence-corrected chi connectivity index (χ1v) is 7.12. The number of halogens is 2. The highest BCUT2D eigenvalue weighted by atomic mass is 32.2. The average Bonchev–Trinajstić information content (AvgIpc) is 2.36. The van der Waals surface area contributed by atoms with Gasteiger partial charge in [0.1, 0.15) is 16.5 Å². The van der Waals surface area contributed by atoms with Crippen LogP contribution in [0.1, 0.15) is 5.56 Å². The molecule has 0 amide bonds. The van der Waals surface area contributed by atoms with Gasteiger partial charge in [-0.25, -0.2) is 17.2 Å². The van der Waals surface area contributed by atoms with E-state index >= 15 is 0 Å². The zero-order chi connectivity index (χ0) is 14.9. The summed E-state index contributed by atoms with van der Waals surface area (Å²) in [5.41, 5.74) is 6.00. The van der Waals surface area contributed by atoms with Crippen molar-refractivity contribution in [1.29, 1.82) is 0 Å². The highest BCUT2D eigenvalue weighted by molar-refractivity contribution is 7.92. The van der Waals surface area contributed by atoms with Gasteiger partial charge in [0.05, 0.1) is 0 Å². The number of benzene rings is 2. The minimum Gasteiger partial charge on any atom is -0.399 e. The predicted molar refractivity (Wildman–Crippen MR) is 72.8 cm³/mol. The summed E-state index contributed by atoms with van der Waals surface area (Å²) in [5, 5.41) is 0. The molecule has 20 heavy (non-hydrogen) atoms. The Labute approximate surface area is 115 Å². The van der Waals surface area contributed by atoms with E-state index in [0.29, 0.717) is 0 Å². The van der Waals surface area contributed by atoms with E-state index < -0.39 is 26.6 Å². The Hall–Kier alpha value is -2.15. The second-order valence-electron chi connectivity index (χ2n) is 4.26. The molecule has 0 atom stereocenters. The van der Waals surface area contributed by atoms with Crippen molar-refractivity contribution in [2.45, 2.75) is 11.8 Å². The highest BCUT2D eigenvalue weighted by Gasteiger charge is 2.19. The van der Waals surface area contributed by atoms with Crippen LogP contribution in [0.2, 0.25) is 0 Å². The number of nitrogen functional groups attached to an aromatic ring is 1. The van der Waals surface area contributed by atoms with Gasteiger partial charge < -0.3 is 5.73 Å². The maximum Gasteiger partial charge on any atom is 0.264 e. The van der Waals surface area contributed by atoms with Gasteiger partial charge in [-0.15, -0.1) is 0 Å². The third-order valence-electron chi connectivity index (χ3n) is 2.65. The molecule has 2 aromatic rings. The lowest BCUT2D eigenvalue weighted by molar-refractivity contribution is 0.570. The number of nitrogens with one attached hydrogen (secondary N) is 1. The molecule has 0 heterocycles. The van der Waals surface area contributed by atoms with Gasteiger partial charge >= 0.3 is 0 Å². The molecular weight excluding hydrogens is 286 g/mol. The Bertz CT molecular complexity index is 761. The zero-order valence-electron chi connectivity index (χ0n) is 10.5. The first-order valence-electron chi connectivity index (χ1n) is 5.63. The first-order chi connectivity index (χ1) is 9.29. The van der Waals surface area contributed by atoms with Gasteiger partial charge in [0.15, 0.2) is 0 Å². The molecule has 0 spiro atoms. The molecule has 4 nitrogen and oxygen atoms in total. The molecule has 0 fully saturated rings. The standard InChI is InChI=1S/C13H12F2N2O2S/c1-8-6-10(3-5-11(8)14)17-20(18,19)13-7-9(16)2-4-12(13)15/h2-7,17H,16H2,1H3. The van der Waals surface area contributed by atoms with E-state index in [2.05, 4.69) is 4.72 Å². The van der Waals surface area contributed by atoms with Gasteiger partial charge in [-0.3, -0.25) is 4.72 Å². The molecule has 0 aliphatic heterocycles. The largest absolute Gasteiger partial charge is 0.399 e. The molecule has 106 valence electrons. The van der Waals surface area contributed by atoms with Gasteiger partial charge in [0.25, 0.3) is 10.0 Å². The Morgan fingerprint density at radius 2 is 1.70 bits per heavy atom. The van der Waals surface area contributed by atoms with Crippen molar-refractivity contribution in [1.82, 2.24) is 0 Å². The summed E-state index contributed by atoms with van der Waals surface area (Å²) in [6, 6.07) is 6.95. The van der Waals surface area contributed by atoms with Crippen molar-refractivity contribution in [3.05, 3.63) is 53.6 Å². The quantitative estimate of drug-likeness (QED) is 0.856. The smallest absolute Gasteiger partial charge is 0.264 e. The molecule has 0 radical (unpaired) electrons. The summed E-state index contributed by atoms with van der Waals surface area (Å²) < 4.78 is 53.0. The van der Waals surface area contributed by atoms with E-state index in [9.17, 15) is 17.2 Å². The van der Waals surface area contributed by atoms with Crippen LogP contribution in [0.5, 0.6) is 0 Å². The first kappa shape index (κ1) is 14.3. The molecule has 7 heteroatoms. The minimum atomic E-state index is -4.12. The van der Waals surface area contributed by atoms with Crippen molar-refractivity contribution >= 4 is 21.4 Å². The number of aryl methyl sites for hydroxylation is 1. The van der Waals surface area contributed by atoms with Gasteiger partial charge in [-0.2, -0.15) is 0 Å². The number of hydrogen-bond donors (Lipinski definition) is 2. The Balaban J connectivity index is 2.40. The maximum atomic E-state index is 13.6. The fourth-order valence-electron chi connectivity index (χ4n) is 1.64. The normalized spacial score (nSPS) is 11.3. The molecule has 0 aliphatic rings. The molecule has 0 aliphatic carbocycles. The van der Waals surface area contributed by atoms with Crippen LogP contribution in [0.4, 0.5) is 20.2 Å². The van der Waals surface area contributed by atoms with Crippen molar-refractivity contribution in [2.75, 3.05) is 10.5 Å². The van der Waals surface area contributed by atoms with E-state index in [4.69, 9.17) is 5.73 Å². The maximum absolute atomic E-state index is 13.6. The Kier molecular flexibility index (Phi) is 3.63. The second-order valence-corrected chi connectivity index (χ2v) is 5.91. The van der Waals surface area contributed by atoms with Crippen LogP contribution < -0.4 is 10.5 Å². The van der Waals surface area contributed by atoms with Gasteiger partial charge in [-0.05, 0) is 48.9 Å². The summed E-state index contributed by atoms with van der Waals surface area (Å²) in [6.07, 6.45) is 0. The van der Waals surface area contributed by atoms with Crippen LogP contribution in [0, 0.1) is 18.6 Å². The number of anilines is 2. The van der Waals surface area contributed by atoms with Crippen molar-refractivity contribution in [3.63, 3.8) is 0 Å². The van der Waals surface area contributed by atoms with Gasteiger partial charge in [0, 0.05) is 11.4 Å². The number of sulfonamides is 1. The predicted octanol–water partition coefficient (Wildman–Crippen LogP) is 2.66. The fraction of sp³-hybridized carbons (Fsp3) is 0.0769. The number of hydrogen-bond acceptors (Lipinski definition) is 3. The summed E-state index contributed by atoms with van der Waals surface area (Å²) in [7, 11) is -4.12. The molecule has 0 saturated carbocycles. The number of nitrogens with two attached hydrogens (primary N) is 1. The highest BCUT2D eigenvalue weighted by Crippen LogP contribution is 2.22. The SMILES string of the molecule is Cc1cc(NS(=O)(=O)c2cc(N)ccc2F)ccc1F. The van der Waals surface area contributed by atoms with Crippen molar-refractivity contribution in [3.8, 4) is 0 Å². The summed E-state index contributed by atoms with van der Waals surface area (Å²) in [5.74, 6) is -1.37. The van der Waals surface area contributed by atoms with Crippen LogP contribution in [0.3, 0.4) is 0 Å². The lowest BCUT2D eigenvalue weighted by atomic mass is 10.2. The third-order valence-corrected chi connectivity index (χ3v) is 4.05. The Morgan fingerprint density at radius 1 is 1.05 bits per heavy atom. The topological polar surface area (TPSA) is 72.2 Å². The summed E-state index contributed by atoms with van der Waals surface area (Å²) >= 11 is 0. The van der Waals surface area contributed by atoms with E-state index in [1.54, 1.807) is 0 Å². The molecular formula is C13H12F2N2O2S.